The van der Waals surface area contributed by atoms with Gasteiger partial charge in [0.1, 0.15) is 4.90 Å². The highest BCUT2D eigenvalue weighted by Crippen LogP contribution is 2.29. The summed E-state index contributed by atoms with van der Waals surface area (Å²) in [6, 6.07) is 10.9. The van der Waals surface area contributed by atoms with Crippen LogP contribution in [0.15, 0.2) is 59.8 Å². The first-order valence-corrected chi connectivity index (χ1v) is 12.1. The van der Waals surface area contributed by atoms with Crippen LogP contribution in [-0.2, 0) is 16.4 Å². The fourth-order valence-corrected chi connectivity index (χ4v) is 5.07. The molecule has 0 bridgehead atoms. The molecule has 158 valence electrons. The smallest absolute Gasteiger partial charge is 0.261 e. The van der Waals surface area contributed by atoms with Crippen LogP contribution >= 0.6 is 34.2 Å². The van der Waals surface area contributed by atoms with Crippen molar-refractivity contribution in [1.82, 2.24) is 15.0 Å². The predicted molar refractivity (Wildman–Crippen MR) is 127 cm³/mol. The van der Waals surface area contributed by atoms with Crippen LogP contribution in [0.3, 0.4) is 0 Å². The number of nitrogens with one attached hydrogen (secondary N) is 1. The van der Waals surface area contributed by atoms with Gasteiger partial charge in [0.25, 0.3) is 10.0 Å². The molecule has 10 heteroatoms. The molecule has 0 atom stereocenters. The second-order valence-electron chi connectivity index (χ2n) is 6.66. The van der Waals surface area contributed by atoms with Gasteiger partial charge in [-0.3, -0.25) is 4.72 Å². The lowest BCUT2D eigenvalue weighted by atomic mass is 10.00. The Hall–Kier alpha value is -2.37. The summed E-state index contributed by atoms with van der Waals surface area (Å²) in [5.74, 6) is -1.21. The number of aromatic nitrogens is 3. The maximum Gasteiger partial charge on any atom is 0.264 e. The van der Waals surface area contributed by atoms with E-state index in [1.54, 1.807) is 12.3 Å². The molecule has 6 nitrogen and oxygen atoms in total. The van der Waals surface area contributed by atoms with Crippen LogP contribution in [0, 0.1) is 9.65 Å². The lowest BCUT2D eigenvalue weighted by Crippen LogP contribution is -2.15. The molecule has 0 aliphatic heterocycles. The van der Waals surface area contributed by atoms with E-state index in [1.165, 1.54) is 30.5 Å². The molecule has 4 aromatic rings. The highest BCUT2D eigenvalue weighted by atomic mass is 127. The van der Waals surface area contributed by atoms with Gasteiger partial charge in [0.15, 0.2) is 15.5 Å². The van der Waals surface area contributed by atoms with Crippen LogP contribution in [-0.4, -0.2) is 23.4 Å². The zero-order valence-corrected chi connectivity index (χ0v) is 19.8. The minimum Gasteiger partial charge on any atom is -0.261 e. The predicted octanol–water partition coefficient (Wildman–Crippen LogP) is 5.45. The average Bonchev–Trinajstić information content (AvgIpc) is 2.74. The van der Waals surface area contributed by atoms with Gasteiger partial charge in [0, 0.05) is 45.9 Å². The molecule has 2 aromatic carbocycles. The molecule has 31 heavy (non-hydrogen) atoms. The van der Waals surface area contributed by atoms with Crippen LogP contribution in [0.1, 0.15) is 12.5 Å². The largest absolute Gasteiger partial charge is 0.264 e. The quantitative estimate of drug-likeness (QED) is 0.256. The number of aryl methyl sites for hydroxylation is 1. The first-order valence-electron chi connectivity index (χ1n) is 9.17. The van der Waals surface area contributed by atoms with Crippen molar-refractivity contribution in [2.45, 2.75) is 18.2 Å². The van der Waals surface area contributed by atoms with Crippen molar-refractivity contribution in [3.8, 4) is 11.1 Å². The molecule has 0 radical (unpaired) electrons. The summed E-state index contributed by atoms with van der Waals surface area (Å²) in [5.41, 5.74) is 3.09. The Morgan fingerprint density at radius 2 is 1.87 bits per heavy atom. The van der Waals surface area contributed by atoms with E-state index < -0.39 is 21.7 Å². The van der Waals surface area contributed by atoms with Gasteiger partial charge < -0.3 is 0 Å². The van der Waals surface area contributed by atoms with Crippen LogP contribution in [0.5, 0.6) is 0 Å². The molecular formula is C21H15ClFIN4O2S. The van der Waals surface area contributed by atoms with Crippen molar-refractivity contribution in [3.05, 3.63) is 75.1 Å². The number of benzene rings is 2. The third-order valence-electron chi connectivity index (χ3n) is 4.65. The first-order chi connectivity index (χ1) is 14.8. The average molecular weight is 569 g/mol. The highest BCUT2D eigenvalue weighted by Gasteiger charge is 2.20. The number of hydrogen-bond acceptors (Lipinski definition) is 5. The van der Waals surface area contributed by atoms with Crippen LogP contribution in [0.25, 0.3) is 22.0 Å². The standard InChI is InChI=1S/C21H15ClFIN4O2S/c1-2-12-7-13(8-15-11-26-21(24)27-19(12)15)14-9-17(23)20(25-10-14)28-31(29,30)18-6-4-3-5-16(18)22/h3-11H,2H2,1H3,(H,25,28). The number of rotatable bonds is 5. The third kappa shape index (κ3) is 4.48. The molecular weight excluding hydrogens is 554 g/mol. The third-order valence-corrected chi connectivity index (χ3v) is 7.00. The number of halogens is 3. The van der Waals surface area contributed by atoms with E-state index in [-0.39, 0.29) is 9.92 Å². The lowest BCUT2D eigenvalue weighted by molar-refractivity contribution is 0.597. The summed E-state index contributed by atoms with van der Waals surface area (Å²) in [5, 5.41) is 0.867. The maximum atomic E-state index is 14.8. The molecule has 0 aliphatic rings. The SMILES string of the molecule is CCc1cc(-c2cnc(NS(=O)(=O)c3ccccc3Cl)c(F)c2)cc2cnc(I)nc12. The molecule has 0 aliphatic carbocycles. The first kappa shape index (κ1) is 21.8. The van der Waals surface area contributed by atoms with Crippen molar-refractivity contribution in [1.29, 1.82) is 0 Å². The summed E-state index contributed by atoms with van der Waals surface area (Å²) in [6.07, 6.45) is 3.88. The Morgan fingerprint density at radius 1 is 1.10 bits per heavy atom. The molecule has 0 spiro atoms. The highest BCUT2D eigenvalue weighted by molar-refractivity contribution is 14.1. The number of hydrogen-bond donors (Lipinski definition) is 1. The molecule has 0 saturated heterocycles. The van der Waals surface area contributed by atoms with E-state index in [4.69, 9.17) is 11.6 Å². The van der Waals surface area contributed by atoms with E-state index in [1.807, 2.05) is 19.1 Å². The number of pyridine rings is 1. The van der Waals surface area contributed by atoms with E-state index in [0.29, 0.717) is 9.39 Å². The molecule has 0 fully saturated rings. The van der Waals surface area contributed by atoms with Gasteiger partial charge in [-0.2, -0.15) is 0 Å². The van der Waals surface area contributed by atoms with E-state index in [0.717, 1.165) is 28.5 Å². The lowest BCUT2D eigenvalue weighted by Gasteiger charge is -2.12. The van der Waals surface area contributed by atoms with Gasteiger partial charge in [-0.1, -0.05) is 30.7 Å². The fraction of sp³-hybridized carbons (Fsp3) is 0.0952. The van der Waals surface area contributed by atoms with Crippen LogP contribution in [0.4, 0.5) is 10.2 Å². The number of sulfonamides is 1. The molecule has 0 unspecified atom stereocenters. The Kier molecular flexibility index (Phi) is 6.09. The van der Waals surface area contributed by atoms with Crippen molar-refractivity contribution in [2.75, 3.05) is 4.72 Å². The number of anilines is 1. The van der Waals surface area contributed by atoms with Crippen molar-refractivity contribution in [3.63, 3.8) is 0 Å². The van der Waals surface area contributed by atoms with Crippen LogP contribution < -0.4 is 4.72 Å². The number of fused-ring (bicyclic) bond motifs is 1. The monoisotopic (exact) mass is 568 g/mol. The van der Waals surface area contributed by atoms with Gasteiger partial charge >= 0.3 is 0 Å². The van der Waals surface area contributed by atoms with Gasteiger partial charge in [-0.25, -0.2) is 27.8 Å². The zero-order chi connectivity index (χ0) is 22.2. The van der Waals surface area contributed by atoms with Crippen molar-refractivity contribution in [2.24, 2.45) is 0 Å². The normalized spacial score (nSPS) is 11.6. The fourth-order valence-electron chi connectivity index (χ4n) is 3.15. The maximum absolute atomic E-state index is 14.8. The summed E-state index contributed by atoms with van der Waals surface area (Å²) >= 11 is 8.02. The minimum absolute atomic E-state index is 0.0344. The zero-order valence-electron chi connectivity index (χ0n) is 16.1. The molecule has 4 rings (SSSR count). The summed E-state index contributed by atoms with van der Waals surface area (Å²) in [4.78, 5) is 12.6. The van der Waals surface area contributed by atoms with Gasteiger partial charge in [0.05, 0.1) is 10.5 Å². The van der Waals surface area contributed by atoms with Gasteiger partial charge in [-0.15, -0.1) is 0 Å². The van der Waals surface area contributed by atoms with Gasteiger partial charge in [-0.05, 0) is 47.9 Å². The molecule has 1 N–H and O–H groups in total. The van der Waals surface area contributed by atoms with Crippen LogP contribution in [0.2, 0.25) is 5.02 Å². The molecule has 2 aromatic heterocycles. The molecule has 0 amide bonds. The Labute approximate surface area is 197 Å². The minimum atomic E-state index is -4.09. The van der Waals surface area contributed by atoms with E-state index in [2.05, 4.69) is 42.3 Å². The van der Waals surface area contributed by atoms with Crippen molar-refractivity contribution >= 4 is 60.9 Å². The Bertz CT molecular complexity index is 1420. The van der Waals surface area contributed by atoms with E-state index >= 15 is 0 Å². The Morgan fingerprint density at radius 3 is 2.58 bits per heavy atom. The number of nitrogens with zero attached hydrogens (tertiary/aromatic N) is 3. The molecule has 0 saturated carbocycles. The second kappa shape index (κ2) is 8.64. The summed E-state index contributed by atoms with van der Waals surface area (Å²) in [7, 11) is -4.09. The second-order valence-corrected chi connectivity index (χ2v) is 9.68. The summed E-state index contributed by atoms with van der Waals surface area (Å²) < 4.78 is 42.7. The summed E-state index contributed by atoms with van der Waals surface area (Å²) in [6.45, 7) is 2.01. The van der Waals surface area contributed by atoms with Gasteiger partial charge in [0.2, 0.25) is 0 Å². The Balaban J connectivity index is 1.71. The van der Waals surface area contributed by atoms with Crippen molar-refractivity contribution < 1.29 is 12.8 Å². The topological polar surface area (TPSA) is 84.8 Å². The molecule has 2 heterocycles. The van der Waals surface area contributed by atoms with E-state index in [9.17, 15) is 12.8 Å².